The lowest BCUT2D eigenvalue weighted by atomic mass is 10.1. The minimum Gasteiger partial charge on any atom is -0.454 e. The number of thioether (sulfide) groups is 1. The molecule has 0 unspecified atom stereocenters. The standard InChI is InChI=1S/C26H19N3O3S/c1-17-6-9-21(10-7-17)29-25(30)22(12-18-8-11-23-24(13-18)32-16-31-23)28-26(29)33-15-20-5-3-2-4-19(20)14-27/h2-13H,15-16H2,1H3/b22-12+. The summed E-state index contributed by atoms with van der Waals surface area (Å²) < 4.78 is 10.8. The molecule has 3 aromatic carbocycles. The smallest absolute Gasteiger partial charge is 0.283 e. The molecule has 0 aromatic heterocycles. The first-order valence-corrected chi connectivity index (χ1v) is 11.3. The SMILES string of the molecule is Cc1ccc(N2C(=O)/C(=C\c3ccc4c(c3)OCO4)N=C2SCc2ccccc2C#N)cc1. The van der Waals surface area contributed by atoms with Crippen LogP contribution in [0.25, 0.3) is 6.08 Å². The molecule has 162 valence electrons. The minimum absolute atomic E-state index is 0.193. The van der Waals surface area contributed by atoms with Crippen molar-refractivity contribution in [3.05, 3.63) is 94.7 Å². The molecule has 7 heteroatoms. The van der Waals surface area contributed by atoms with Crippen LogP contribution in [-0.2, 0) is 10.5 Å². The van der Waals surface area contributed by atoms with Gasteiger partial charge in [-0.3, -0.25) is 9.69 Å². The average Bonchev–Trinajstić information content (AvgIpc) is 3.42. The summed E-state index contributed by atoms with van der Waals surface area (Å²) in [5, 5.41) is 9.97. The van der Waals surface area contributed by atoms with Crippen LogP contribution in [0.4, 0.5) is 5.69 Å². The molecule has 0 atom stereocenters. The van der Waals surface area contributed by atoms with E-state index in [0.717, 1.165) is 22.4 Å². The highest BCUT2D eigenvalue weighted by atomic mass is 32.2. The predicted octanol–water partition coefficient (Wildman–Crippen LogP) is 5.27. The van der Waals surface area contributed by atoms with Gasteiger partial charge in [-0.1, -0.05) is 53.7 Å². The Kier molecular flexibility index (Phi) is 5.59. The monoisotopic (exact) mass is 453 g/mol. The minimum atomic E-state index is -0.201. The highest BCUT2D eigenvalue weighted by Gasteiger charge is 2.32. The van der Waals surface area contributed by atoms with Gasteiger partial charge >= 0.3 is 0 Å². The molecule has 0 saturated carbocycles. The zero-order valence-corrected chi connectivity index (χ0v) is 18.6. The number of benzene rings is 3. The summed E-state index contributed by atoms with van der Waals surface area (Å²) in [5.74, 6) is 1.66. The number of nitrogens with zero attached hydrogens (tertiary/aromatic N) is 3. The number of carbonyl (C=O) groups is 1. The van der Waals surface area contributed by atoms with E-state index in [1.807, 2.05) is 67.6 Å². The fourth-order valence-electron chi connectivity index (χ4n) is 3.57. The molecular weight excluding hydrogens is 434 g/mol. The molecule has 0 bridgehead atoms. The predicted molar refractivity (Wildman–Crippen MR) is 129 cm³/mol. The summed E-state index contributed by atoms with van der Waals surface area (Å²) in [6.07, 6.45) is 1.75. The van der Waals surface area contributed by atoms with Crippen molar-refractivity contribution in [3.8, 4) is 17.6 Å². The molecule has 0 saturated heterocycles. The van der Waals surface area contributed by atoms with E-state index in [1.165, 1.54) is 11.8 Å². The largest absolute Gasteiger partial charge is 0.454 e. The number of fused-ring (bicyclic) bond motifs is 1. The lowest BCUT2D eigenvalue weighted by Gasteiger charge is -2.18. The van der Waals surface area contributed by atoms with Crippen molar-refractivity contribution in [1.82, 2.24) is 0 Å². The fraction of sp³-hybridized carbons (Fsp3) is 0.115. The molecule has 0 fully saturated rings. The number of hydrogen-bond acceptors (Lipinski definition) is 6. The second kappa shape index (κ2) is 8.85. The van der Waals surface area contributed by atoms with Crippen molar-refractivity contribution in [2.45, 2.75) is 12.7 Å². The normalized spacial score (nSPS) is 15.6. The summed E-state index contributed by atoms with van der Waals surface area (Å²) in [6.45, 7) is 2.20. The molecule has 0 spiro atoms. The van der Waals surface area contributed by atoms with Gasteiger partial charge in [-0.25, -0.2) is 4.99 Å². The van der Waals surface area contributed by atoms with Gasteiger partial charge < -0.3 is 9.47 Å². The van der Waals surface area contributed by atoms with Gasteiger partial charge in [-0.05, 0) is 54.5 Å². The van der Waals surface area contributed by atoms with Gasteiger partial charge in [0.25, 0.3) is 5.91 Å². The van der Waals surface area contributed by atoms with Crippen LogP contribution in [0, 0.1) is 18.3 Å². The maximum absolute atomic E-state index is 13.4. The quantitative estimate of drug-likeness (QED) is 0.503. The number of nitriles is 1. The number of amidine groups is 1. The Morgan fingerprint density at radius 1 is 1.09 bits per heavy atom. The van der Waals surface area contributed by atoms with Gasteiger partial charge in [-0.2, -0.15) is 5.26 Å². The third-order valence-corrected chi connectivity index (χ3v) is 6.30. The third kappa shape index (κ3) is 4.21. The highest BCUT2D eigenvalue weighted by Crippen LogP contribution is 2.35. The van der Waals surface area contributed by atoms with Crippen molar-refractivity contribution >= 4 is 34.6 Å². The lowest BCUT2D eigenvalue weighted by Crippen LogP contribution is -2.30. The van der Waals surface area contributed by atoms with Gasteiger partial charge in [0, 0.05) is 5.75 Å². The molecule has 5 rings (SSSR count). The second-order valence-electron chi connectivity index (χ2n) is 7.57. The van der Waals surface area contributed by atoms with Crippen molar-refractivity contribution < 1.29 is 14.3 Å². The fourth-order valence-corrected chi connectivity index (χ4v) is 4.59. The zero-order chi connectivity index (χ0) is 22.8. The Morgan fingerprint density at radius 3 is 2.70 bits per heavy atom. The van der Waals surface area contributed by atoms with Gasteiger partial charge in [0.2, 0.25) is 6.79 Å². The maximum atomic E-state index is 13.4. The summed E-state index contributed by atoms with van der Waals surface area (Å²) in [6, 6.07) is 23.0. The molecule has 0 aliphatic carbocycles. The van der Waals surface area contributed by atoms with Crippen molar-refractivity contribution in [3.63, 3.8) is 0 Å². The third-order valence-electron chi connectivity index (χ3n) is 5.32. The molecule has 3 aromatic rings. The van der Waals surface area contributed by atoms with Crippen molar-refractivity contribution in [2.24, 2.45) is 4.99 Å². The first kappa shape index (κ1) is 20.9. The molecule has 33 heavy (non-hydrogen) atoms. The first-order valence-electron chi connectivity index (χ1n) is 10.3. The topological polar surface area (TPSA) is 74.9 Å². The molecule has 2 aliphatic heterocycles. The maximum Gasteiger partial charge on any atom is 0.283 e. The number of anilines is 1. The van der Waals surface area contributed by atoms with Crippen molar-refractivity contribution in [1.29, 1.82) is 5.26 Å². The van der Waals surface area contributed by atoms with Gasteiger partial charge in [0.1, 0.15) is 5.70 Å². The average molecular weight is 454 g/mol. The number of rotatable bonds is 4. The van der Waals surface area contributed by atoms with Crippen LogP contribution in [0.2, 0.25) is 0 Å². The number of aliphatic imine (C=N–C) groups is 1. The van der Waals surface area contributed by atoms with Crippen LogP contribution in [0.1, 0.15) is 22.3 Å². The van der Waals surface area contributed by atoms with Crippen LogP contribution >= 0.6 is 11.8 Å². The lowest BCUT2D eigenvalue weighted by molar-refractivity contribution is -0.113. The number of aryl methyl sites for hydroxylation is 1. The summed E-state index contributed by atoms with van der Waals surface area (Å²) in [5.41, 5.74) is 4.52. The van der Waals surface area contributed by atoms with Crippen molar-refractivity contribution in [2.75, 3.05) is 11.7 Å². The van der Waals surface area contributed by atoms with Crippen LogP contribution in [0.15, 0.2) is 77.4 Å². The van der Waals surface area contributed by atoms with Gasteiger partial charge in [0.15, 0.2) is 16.7 Å². The molecular formula is C26H19N3O3S. The van der Waals surface area contributed by atoms with E-state index in [-0.39, 0.29) is 12.7 Å². The van der Waals surface area contributed by atoms with E-state index in [0.29, 0.717) is 33.7 Å². The van der Waals surface area contributed by atoms with E-state index >= 15 is 0 Å². The molecule has 6 nitrogen and oxygen atoms in total. The number of amides is 1. The zero-order valence-electron chi connectivity index (χ0n) is 17.8. The molecule has 2 heterocycles. The summed E-state index contributed by atoms with van der Waals surface area (Å²) in [4.78, 5) is 19.7. The van der Waals surface area contributed by atoms with Gasteiger partial charge in [-0.15, -0.1) is 0 Å². The molecule has 2 aliphatic rings. The Labute approximate surface area is 195 Å². The Balaban J connectivity index is 1.48. The van der Waals surface area contributed by atoms with Crippen LogP contribution in [0.5, 0.6) is 11.5 Å². The summed E-state index contributed by atoms with van der Waals surface area (Å²) >= 11 is 1.43. The van der Waals surface area contributed by atoms with Crippen LogP contribution in [-0.4, -0.2) is 17.9 Å². The molecule has 1 amide bonds. The Hall–Kier alpha value is -4.02. The summed E-state index contributed by atoms with van der Waals surface area (Å²) in [7, 11) is 0. The van der Waals surface area contributed by atoms with E-state index in [9.17, 15) is 10.1 Å². The van der Waals surface area contributed by atoms with Crippen LogP contribution in [0.3, 0.4) is 0 Å². The van der Waals surface area contributed by atoms with Crippen LogP contribution < -0.4 is 14.4 Å². The highest BCUT2D eigenvalue weighted by molar-refractivity contribution is 8.13. The van der Waals surface area contributed by atoms with E-state index in [4.69, 9.17) is 9.47 Å². The Bertz CT molecular complexity index is 1340. The molecule has 0 N–H and O–H groups in total. The second-order valence-corrected chi connectivity index (χ2v) is 8.51. The number of ether oxygens (including phenoxy) is 2. The Morgan fingerprint density at radius 2 is 1.88 bits per heavy atom. The first-order chi connectivity index (χ1) is 16.1. The van der Waals surface area contributed by atoms with Gasteiger partial charge in [0.05, 0.1) is 17.3 Å². The number of hydrogen-bond donors (Lipinski definition) is 0. The van der Waals surface area contributed by atoms with E-state index in [1.54, 1.807) is 17.0 Å². The number of carbonyl (C=O) groups excluding carboxylic acids is 1. The molecule has 0 radical (unpaired) electrons. The van der Waals surface area contributed by atoms with E-state index < -0.39 is 0 Å². The van der Waals surface area contributed by atoms with E-state index in [2.05, 4.69) is 11.1 Å².